The second-order valence-corrected chi connectivity index (χ2v) is 19.1. The second-order valence-electron chi connectivity index (χ2n) is 15.4. The first kappa shape index (κ1) is 33.0. The standard InChI is InChI=1S/C36H54N2S2/c1-33(2,3)27-19-17-25(31(21-27)39-35(7,8)9)23-37-29-15-13-14-16-30(29)38-24-26-18-20-28(34(4,5)6)22-32(26)40-36(10,11)12/h17-24,29-30H,13-16H2,1-12H3. The van der Waals surface area contributed by atoms with Crippen molar-refractivity contribution >= 4 is 36.0 Å². The summed E-state index contributed by atoms with van der Waals surface area (Å²) in [5.74, 6) is 0. The van der Waals surface area contributed by atoms with Crippen molar-refractivity contribution in [3.05, 3.63) is 58.7 Å². The van der Waals surface area contributed by atoms with E-state index < -0.39 is 0 Å². The molecule has 4 heteroatoms. The zero-order valence-corrected chi connectivity index (χ0v) is 28.9. The Morgan fingerprint density at radius 1 is 0.575 bits per heavy atom. The van der Waals surface area contributed by atoms with Crippen LogP contribution in [0.1, 0.15) is 131 Å². The molecule has 0 radical (unpaired) electrons. The van der Waals surface area contributed by atoms with E-state index in [1.54, 1.807) is 0 Å². The van der Waals surface area contributed by atoms with Gasteiger partial charge in [0.2, 0.25) is 0 Å². The molecule has 0 amide bonds. The second kappa shape index (κ2) is 12.8. The average molecular weight is 579 g/mol. The topological polar surface area (TPSA) is 24.7 Å². The lowest BCUT2D eigenvalue weighted by Crippen LogP contribution is -2.27. The third-order valence-corrected chi connectivity index (χ3v) is 9.47. The number of aliphatic imine (C=N–C) groups is 2. The third kappa shape index (κ3) is 10.1. The molecule has 1 aliphatic rings. The number of hydrogen-bond donors (Lipinski definition) is 0. The van der Waals surface area contributed by atoms with Crippen molar-refractivity contribution in [2.45, 2.75) is 151 Å². The fourth-order valence-electron chi connectivity index (χ4n) is 4.84. The number of rotatable bonds is 6. The molecule has 0 spiro atoms. The first-order chi connectivity index (χ1) is 18.3. The maximum absolute atomic E-state index is 5.20. The van der Waals surface area contributed by atoms with Crippen LogP contribution in [0.15, 0.2) is 56.2 Å². The van der Waals surface area contributed by atoms with Crippen LogP contribution >= 0.6 is 23.5 Å². The Morgan fingerprint density at radius 2 is 0.925 bits per heavy atom. The molecule has 0 saturated heterocycles. The summed E-state index contributed by atoms with van der Waals surface area (Å²) in [6.07, 6.45) is 8.94. The zero-order chi connectivity index (χ0) is 29.9. The summed E-state index contributed by atoms with van der Waals surface area (Å²) in [4.78, 5) is 13.0. The highest BCUT2D eigenvalue weighted by molar-refractivity contribution is 8.01. The largest absolute Gasteiger partial charge is 0.287 e. The molecule has 2 atom stereocenters. The Balaban J connectivity index is 1.90. The monoisotopic (exact) mass is 578 g/mol. The van der Waals surface area contributed by atoms with Crippen molar-refractivity contribution in [2.24, 2.45) is 9.98 Å². The Bertz CT molecular complexity index is 1100. The van der Waals surface area contributed by atoms with Crippen LogP contribution in [-0.2, 0) is 10.8 Å². The van der Waals surface area contributed by atoms with Crippen LogP contribution in [0, 0.1) is 0 Å². The SMILES string of the molecule is CC(C)(C)Sc1cc(C(C)(C)C)ccc1C=NC1CCCCC1N=Cc1ccc(C(C)(C)C)cc1SC(C)(C)C. The molecule has 3 rings (SSSR count). The maximum Gasteiger partial charge on any atom is 0.0723 e. The molecule has 1 aliphatic carbocycles. The van der Waals surface area contributed by atoms with Crippen LogP contribution in [-0.4, -0.2) is 34.0 Å². The van der Waals surface area contributed by atoms with Gasteiger partial charge in [-0.25, -0.2) is 0 Å². The molecule has 0 heterocycles. The van der Waals surface area contributed by atoms with Gasteiger partial charge < -0.3 is 0 Å². The Labute approximate surface area is 254 Å². The average Bonchev–Trinajstić information content (AvgIpc) is 2.79. The van der Waals surface area contributed by atoms with Gasteiger partial charge in [-0.1, -0.05) is 120 Å². The van der Waals surface area contributed by atoms with Gasteiger partial charge >= 0.3 is 0 Å². The number of hydrogen-bond acceptors (Lipinski definition) is 4. The van der Waals surface area contributed by atoms with Crippen molar-refractivity contribution in [2.75, 3.05) is 0 Å². The predicted molar refractivity (Wildman–Crippen MR) is 183 cm³/mol. The van der Waals surface area contributed by atoms with E-state index in [-0.39, 0.29) is 32.4 Å². The van der Waals surface area contributed by atoms with E-state index in [1.165, 1.54) is 44.9 Å². The van der Waals surface area contributed by atoms with Crippen LogP contribution in [0.25, 0.3) is 0 Å². The van der Waals surface area contributed by atoms with E-state index in [0.717, 1.165) is 12.8 Å². The molecule has 2 aromatic rings. The van der Waals surface area contributed by atoms with E-state index in [0.29, 0.717) is 0 Å². The molecular weight excluding hydrogens is 525 g/mol. The molecule has 0 aliphatic heterocycles. The summed E-state index contributed by atoms with van der Waals surface area (Å²) < 4.78 is 0.282. The summed E-state index contributed by atoms with van der Waals surface area (Å²) in [6, 6.07) is 14.3. The molecule has 0 bridgehead atoms. The molecule has 2 nitrogen and oxygen atoms in total. The van der Waals surface area contributed by atoms with Crippen molar-refractivity contribution in [3.63, 3.8) is 0 Å². The highest BCUT2D eigenvalue weighted by Crippen LogP contribution is 2.38. The lowest BCUT2D eigenvalue weighted by molar-refractivity contribution is 0.390. The van der Waals surface area contributed by atoms with E-state index in [4.69, 9.17) is 9.98 Å². The van der Waals surface area contributed by atoms with Crippen molar-refractivity contribution < 1.29 is 0 Å². The van der Waals surface area contributed by atoms with Crippen molar-refractivity contribution in [1.82, 2.24) is 0 Å². The summed E-state index contributed by atoms with van der Waals surface area (Å²) in [7, 11) is 0. The zero-order valence-electron chi connectivity index (χ0n) is 27.3. The quantitative estimate of drug-likeness (QED) is 0.251. The summed E-state index contributed by atoms with van der Waals surface area (Å²) in [6.45, 7) is 27.4. The molecule has 1 saturated carbocycles. The molecule has 0 N–H and O–H groups in total. The summed E-state index contributed by atoms with van der Waals surface area (Å²) in [5.41, 5.74) is 5.45. The summed E-state index contributed by atoms with van der Waals surface area (Å²) >= 11 is 3.88. The van der Waals surface area contributed by atoms with Gasteiger partial charge in [0.25, 0.3) is 0 Å². The Hall–Kier alpha value is -1.52. The maximum atomic E-state index is 5.20. The van der Waals surface area contributed by atoms with Gasteiger partial charge in [-0.2, -0.15) is 0 Å². The van der Waals surface area contributed by atoms with E-state index >= 15 is 0 Å². The minimum Gasteiger partial charge on any atom is -0.287 e. The molecule has 40 heavy (non-hydrogen) atoms. The van der Waals surface area contributed by atoms with Crippen molar-refractivity contribution in [1.29, 1.82) is 0 Å². The highest BCUT2D eigenvalue weighted by atomic mass is 32.2. The van der Waals surface area contributed by atoms with Gasteiger partial charge in [-0.3, -0.25) is 9.98 Å². The minimum absolute atomic E-state index is 0.126. The molecule has 2 aromatic carbocycles. The molecular formula is C36H54N2S2. The van der Waals surface area contributed by atoms with Gasteiger partial charge in [-0.15, -0.1) is 23.5 Å². The van der Waals surface area contributed by atoms with Gasteiger partial charge in [0, 0.05) is 42.8 Å². The molecule has 1 fully saturated rings. The van der Waals surface area contributed by atoms with Crippen molar-refractivity contribution in [3.8, 4) is 0 Å². The number of thioether (sulfide) groups is 2. The van der Waals surface area contributed by atoms with E-state index in [9.17, 15) is 0 Å². The lowest BCUT2D eigenvalue weighted by Gasteiger charge is -2.27. The third-order valence-electron chi connectivity index (χ3n) is 7.10. The Morgan fingerprint density at radius 3 is 1.23 bits per heavy atom. The van der Waals surface area contributed by atoms with Crippen LogP contribution < -0.4 is 0 Å². The lowest BCUT2D eigenvalue weighted by atomic mass is 9.86. The fraction of sp³-hybridized carbons (Fsp3) is 0.611. The molecule has 0 aromatic heterocycles. The van der Waals surface area contributed by atoms with Crippen LogP contribution in [0.2, 0.25) is 0 Å². The van der Waals surface area contributed by atoms with Crippen LogP contribution in [0.5, 0.6) is 0 Å². The Kier molecular flexibility index (Phi) is 10.5. The first-order valence-electron chi connectivity index (χ1n) is 15.1. The van der Waals surface area contributed by atoms with Gasteiger partial charge in [0.1, 0.15) is 0 Å². The minimum atomic E-state index is 0.126. The van der Waals surface area contributed by atoms with Gasteiger partial charge in [0.05, 0.1) is 12.1 Å². The van der Waals surface area contributed by atoms with Crippen LogP contribution in [0.3, 0.4) is 0 Å². The highest BCUT2D eigenvalue weighted by Gasteiger charge is 2.25. The first-order valence-corrected chi connectivity index (χ1v) is 16.7. The van der Waals surface area contributed by atoms with E-state index in [2.05, 4.69) is 132 Å². The molecule has 2 unspecified atom stereocenters. The smallest absolute Gasteiger partial charge is 0.0723 e. The summed E-state index contributed by atoms with van der Waals surface area (Å²) in [5, 5.41) is 0. The number of benzene rings is 2. The fourth-order valence-corrected chi connectivity index (χ4v) is 7.01. The van der Waals surface area contributed by atoms with E-state index in [1.807, 2.05) is 23.5 Å². The molecule has 220 valence electrons. The predicted octanol–water partition coefficient (Wildman–Crippen LogP) is 10.9. The van der Waals surface area contributed by atoms with Crippen LogP contribution in [0.4, 0.5) is 0 Å². The van der Waals surface area contributed by atoms with Gasteiger partial charge in [0.15, 0.2) is 0 Å². The normalized spacial score (nSPS) is 19.6. The van der Waals surface area contributed by atoms with Gasteiger partial charge in [-0.05, 0) is 46.9 Å². The number of nitrogens with zero attached hydrogens (tertiary/aromatic N) is 2.